The number of carbonyl (C=O) groups excluding carboxylic acids is 1. The number of nitrogens with one attached hydrogen (secondary N) is 1. The molecule has 1 amide bonds. The monoisotopic (exact) mass is 547 g/mol. The Balaban J connectivity index is 1.46. The van der Waals surface area contributed by atoms with E-state index in [-0.39, 0.29) is 11.4 Å². The standard InChI is InChI=1S/C25H26FN3O6S2/c1-29(14-22(30)16-6-8-17(26)9-7-16)37(32,33)23-15-36-24-20(23)4-3-5-21(24)28-35-25(31)27-18-10-12-19(34-2)13-11-18/h6-13,15,22,30H,3-5,14H2,1-2H3,(H,27,31)/b28-21-. The zero-order valence-electron chi connectivity index (χ0n) is 20.2. The number of carbonyl (C=O) groups is 1. The summed E-state index contributed by atoms with van der Waals surface area (Å²) in [5, 5.41) is 18.6. The van der Waals surface area contributed by atoms with Crippen LogP contribution < -0.4 is 10.1 Å². The number of nitrogens with zero attached hydrogens (tertiary/aromatic N) is 2. The van der Waals surface area contributed by atoms with E-state index in [2.05, 4.69) is 10.5 Å². The fraction of sp³-hybridized carbons (Fsp3) is 0.280. The molecule has 0 fully saturated rings. The number of hydrogen-bond donors (Lipinski definition) is 2. The number of oxime groups is 1. The second-order valence-electron chi connectivity index (χ2n) is 8.38. The van der Waals surface area contributed by atoms with Crippen LogP contribution in [0.2, 0.25) is 0 Å². The molecule has 2 aromatic carbocycles. The second-order valence-corrected chi connectivity index (χ2v) is 11.3. The third kappa shape index (κ3) is 6.16. The van der Waals surface area contributed by atoms with E-state index >= 15 is 0 Å². The minimum atomic E-state index is -3.93. The van der Waals surface area contributed by atoms with Crippen LogP contribution in [0.25, 0.3) is 0 Å². The lowest BCUT2D eigenvalue weighted by Gasteiger charge is -2.22. The Labute approximate surface area is 218 Å². The van der Waals surface area contributed by atoms with E-state index < -0.39 is 28.0 Å². The summed E-state index contributed by atoms with van der Waals surface area (Å²) in [5.74, 6) is 0.203. The Hall–Kier alpha value is -3.32. The SMILES string of the molecule is COc1ccc(NC(=O)O/N=C2/CCCc3c(S(=O)(=O)N(C)CC(O)c4ccc(F)cc4)csc32)cc1. The molecule has 1 aliphatic rings. The highest BCUT2D eigenvalue weighted by Gasteiger charge is 2.31. The molecule has 0 saturated heterocycles. The fourth-order valence-electron chi connectivity index (χ4n) is 3.91. The van der Waals surface area contributed by atoms with Crippen LogP contribution in [0.4, 0.5) is 14.9 Å². The summed E-state index contributed by atoms with van der Waals surface area (Å²) in [6.45, 7) is -0.200. The van der Waals surface area contributed by atoms with Gasteiger partial charge < -0.3 is 9.84 Å². The maximum atomic E-state index is 13.3. The van der Waals surface area contributed by atoms with Gasteiger partial charge in [0.25, 0.3) is 0 Å². The van der Waals surface area contributed by atoms with E-state index in [1.165, 1.54) is 42.6 Å². The third-order valence-corrected chi connectivity index (χ3v) is 9.02. The number of halogens is 1. The number of hydrogen-bond acceptors (Lipinski definition) is 8. The number of ether oxygens (including phenoxy) is 1. The minimum Gasteiger partial charge on any atom is -0.497 e. The summed E-state index contributed by atoms with van der Waals surface area (Å²) in [7, 11) is -0.996. The van der Waals surface area contributed by atoms with E-state index in [1.54, 1.807) is 36.8 Å². The van der Waals surface area contributed by atoms with Crippen LogP contribution in [0.1, 0.15) is 34.9 Å². The molecule has 0 bridgehead atoms. The average molecular weight is 548 g/mol. The zero-order valence-corrected chi connectivity index (χ0v) is 21.8. The van der Waals surface area contributed by atoms with Gasteiger partial charge in [-0.3, -0.25) is 10.2 Å². The van der Waals surface area contributed by atoms with Gasteiger partial charge in [0, 0.05) is 24.7 Å². The van der Waals surface area contributed by atoms with Crippen LogP contribution in [0.3, 0.4) is 0 Å². The normalized spacial score (nSPS) is 15.3. The van der Waals surface area contributed by atoms with Crippen molar-refractivity contribution in [2.24, 2.45) is 5.16 Å². The van der Waals surface area contributed by atoms with Gasteiger partial charge in [-0.1, -0.05) is 17.3 Å². The molecule has 37 heavy (non-hydrogen) atoms. The number of methoxy groups -OCH3 is 1. The lowest BCUT2D eigenvalue weighted by atomic mass is 9.98. The van der Waals surface area contributed by atoms with Crippen LogP contribution in [0.5, 0.6) is 5.75 Å². The molecule has 2 N–H and O–H groups in total. The molecule has 0 spiro atoms. The minimum absolute atomic E-state index is 0.136. The molecule has 1 unspecified atom stereocenters. The van der Waals surface area contributed by atoms with Gasteiger partial charge >= 0.3 is 6.09 Å². The van der Waals surface area contributed by atoms with Crippen LogP contribution in [-0.4, -0.2) is 50.3 Å². The van der Waals surface area contributed by atoms with Crippen molar-refractivity contribution < 1.29 is 32.3 Å². The number of sulfonamides is 1. The average Bonchev–Trinajstić information content (AvgIpc) is 3.34. The van der Waals surface area contributed by atoms with Crippen molar-refractivity contribution in [1.29, 1.82) is 0 Å². The number of benzene rings is 2. The van der Waals surface area contributed by atoms with Crippen molar-refractivity contribution in [3.8, 4) is 5.75 Å². The van der Waals surface area contributed by atoms with Crippen molar-refractivity contribution in [3.63, 3.8) is 0 Å². The molecule has 4 rings (SSSR count). The van der Waals surface area contributed by atoms with Gasteiger partial charge in [-0.15, -0.1) is 11.3 Å². The highest BCUT2D eigenvalue weighted by atomic mass is 32.2. The molecular formula is C25H26FN3O6S2. The molecule has 1 atom stereocenters. The molecule has 12 heteroatoms. The molecule has 0 radical (unpaired) electrons. The highest BCUT2D eigenvalue weighted by molar-refractivity contribution is 7.89. The van der Waals surface area contributed by atoms with Gasteiger partial charge in [0.15, 0.2) is 0 Å². The van der Waals surface area contributed by atoms with E-state index in [0.29, 0.717) is 52.4 Å². The summed E-state index contributed by atoms with van der Waals surface area (Å²) >= 11 is 1.21. The lowest BCUT2D eigenvalue weighted by Crippen LogP contribution is -2.31. The molecule has 0 aliphatic heterocycles. The molecule has 9 nitrogen and oxygen atoms in total. The van der Waals surface area contributed by atoms with Crippen LogP contribution in [0, 0.1) is 5.82 Å². The molecule has 196 valence electrons. The van der Waals surface area contributed by atoms with Crippen LogP contribution >= 0.6 is 11.3 Å². The summed E-state index contributed by atoms with van der Waals surface area (Å²) in [6, 6.07) is 12.0. The first-order chi connectivity index (χ1) is 17.7. The van der Waals surface area contributed by atoms with Crippen LogP contribution in [0.15, 0.2) is 64.0 Å². The van der Waals surface area contributed by atoms with E-state index in [0.717, 1.165) is 4.31 Å². The van der Waals surface area contributed by atoms with Crippen molar-refractivity contribution in [3.05, 3.63) is 75.7 Å². The smallest absolute Gasteiger partial charge is 0.437 e. The molecule has 1 aliphatic carbocycles. The summed E-state index contributed by atoms with van der Waals surface area (Å²) < 4.78 is 46.0. The number of fused-ring (bicyclic) bond motifs is 1. The molecule has 1 heterocycles. The Morgan fingerprint density at radius 1 is 1.19 bits per heavy atom. The third-order valence-electron chi connectivity index (χ3n) is 5.91. The Kier molecular flexibility index (Phi) is 8.22. The Morgan fingerprint density at radius 2 is 1.89 bits per heavy atom. The maximum absolute atomic E-state index is 13.3. The van der Waals surface area contributed by atoms with Crippen molar-refractivity contribution in [1.82, 2.24) is 4.31 Å². The van der Waals surface area contributed by atoms with Gasteiger partial charge in [0.05, 0.1) is 28.7 Å². The number of rotatable bonds is 8. The zero-order chi connectivity index (χ0) is 26.6. The molecule has 0 saturated carbocycles. The predicted octanol–water partition coefficient (Wildman–Crippen LogP) is 4.54. The second kappa shape index (κ2) is 11.4. The van der Waals surface area contributed by atoms with E-state index in [9.17, 15) is 22.7 Å². The highest BCUT2D eigenvalue weighted by Crippen LogP contribution is 2.35. The largest absolute Gasteiger partial charge is 0.497 e. The van der Waals surface area contributed by atoms with Gasteiger partial charge in [0.2, 0.25) is 10.0 Å². The number of aliphatic hydroxyl groups excluding tert-OH is 1. The predicted molar refractivity (Wildman–Crippen MR) is 138 cm³/mol. The lowest BCUT2D eigenvalue weighted by molar-refractivity contribution is 0.155. The number of amides is 1. The number of likely N-dealkylation sites (N-methyl/N-ethyl adjacent to an activating group) is 1. The first-order valence-corrected chi connectivity index (χ1v) is 13.7. The summed E-state index contributed by atoms with van der Waals surface area (Å²) in [4.78, 5) is 18.0. The van der Waals surface area contributed by atoms with Gasteiger partial charge in [-0.2, -0.15) is 4.31 Å². The summed E-state index contributed by atoms with van der Waals surface area (Å²) in [6.07, 6.45) is -0.203. The van der Waals surface area contributed by atoms with Crippen molar-refractivity contribution >= 4 is 38.9 Å². The fourth-order valence-corrected chi connectivity index (χ4v) is 6.79. The van der Waals surface area contributed by atoms with E-state index in [1.807, 2.05) is 0 Å². The Morgan fingerprint density at radius 3 is 2.57 bits per heavy atom. The van der Waals surface area contributed by atoms with Crippen LogP contribution in [-0.2, 0) is 21.3 Å². The number of anilines is 1. The molecule has 3 aromatic rings. The van der Waals surface area contributed by atoms with Crippen molar-refractivity contribution in [2.75, 3.05) is 26.0 Å². The molecular weight excluding hydrogens is 521 g/mol. The quantitative estimate of drug-likeness (QED) is 0.316. The van der Waals surface area contributed by atoms with E-state index in [4.69, 9.17) is 9.57 Å². The first kappa shape index (κ1) is 26.7. The molecule has 1 aromatic heterocycles. The van der Waals surface area contributed by atoms with Gasteiger partial charge in [0.1, 0.15) is 11.6 Å². The van der Waals surface area contributed by atoms with Gasteiger partial charge in [-0.25, -0.2) is 17.6 Å². The van der Waals surface area contributed by atoms with Gasteiger partial charge in [-0.05, 0) is 66.8 Å². The van der Waals surface area contributed by atoms with Crippen molar-refractivity contribution in [2.45, 2.75) is 30.3 Å². The topological polar surface area (TPSA) is 118 Å². The number of thiophene rings is 1. The summed E-state index contributed by atoms with van der Waals surface area (Å²) in [5.41, 5.74) is 2.02. The Bertz CT molecular complexity index is 1390. The maximum Gasteiger partial charge on any atom is 0.437 e. The number of aliphatic hydroxyl groups is 1. The first-order valence-electron chi connectivity index (χ1n) is 11.4.